The number of fused-ring (bicyclic) bond motifs is 1. The summed E-state index contributed by atoms with van der Waals surface area (Å²) >= 11 is 0. The predicted molar refractivity (Wildman–Crippen MR) is 165 cm³/mol. The number of carbonyl (C=O) groups is 2. The van der Waals surface area contributed by atoms with E-state index in [0.717, 1.165) is 58.6 Å². The smallest absolute Gasteiger partial charge is 0.227 e. The largest absolute Gasteiger partial charge is 0.374 e. The molecule has 1 amide bonds. The van der Waals surface area contributed by atoms with Gasteiger partial charge in [0, 0.05) is 57.3 Å². The van der Waals surface area contributed by atoms with Crippen LogP contribution in [0.5, 0.6) is 0 Å². The summed E-state index contributed by atoms with van der Waals surface area (Å²) in [6.45, 7) is 10.8. The summed E-state index contributed by atoms with van der Waals surface area (Å²) in [4.78, 5) is 27.7. The number of carbonyl (C=O) groups excluding carboxylic acids is 2. The molecule has 6 nitrogen and oxygen atoms in total. The zero-order chi connectivity index (χ0) is 29.0. The molecular weight excluding hydrogens is 496 g/mol. The molecule has 5 rings (SSSR count). The summed E-state index contributed by atoms with van der Waals surface area (Å²) in [5.41, 5.74) is 7.28. The number of amides is 1. The minimum Gasteiger partial charge on any atom is -0.374 e. The number of hydrogen-bond donors (Lipinski definition) is 0. The lowest BCUT2D eigenvalue weighted by Gasteiger charge is -2.17. The fourth-order valence-electron chi connectivity index (χ4n) is 5.49. The van der Waals surface area contributed by atoms with Crippen LogP contribution in [0.1, 0.15) is 44.4 Å². The summed E-state index contributed by atoms with van der Waals surface area (Å²) in [6, 6.07) is 20.5. The van der Waals surface area contributed by atoms with Gasteiger partial charge < -0.3 is 9.80 Å². The van der Waals surface area contributed by atoms with Gasteiger partial charge in [-0.2, -0.15) is 5.10 Å². The van der Waals surface area contributed by atoms with Crippen molar-refractivity contribution in [1.82, 2.24) is 14.7 Å². The fraction of sp³-hybridized carbons (Fsp3) is 0.324. The van der Waals surface area contributed by atoms with E-state index in [1.165, 1.54) is 16.6 Å². The number of hydrogen-bond acceptors (Lipinski definition) is 4. The fourth-order valence-corrected chi connectivity index (χ4v) is 5.49. The van der Waals surface area contributed by atoms with Gasteiger partial charge in [-0.3, -0.25) is 14.3 Å². The monoisotopic (exact) mass is 536 g/mol. The molecule has 0 atom stereocenters. The minimum atomic E-state index is 0.0247. The van der Waals surface area contributed by atoms with Gasteiger partial charge in [0.25, 0.3) is 0 Å². The number of aryl methyl sites for hydroxylation is 2. The summed E-state index contributed by atoms with van der Waals surface area (Å²) in [6.07, 6.45) is 3.78. The van der Waals surface area contributed by atoms with E-state index in [1.54, 1.807) is 6.92 Å². The third-order valence-corrected chi connectivity index (χ3v) is 7.52. The maximum atomic E-state index is 12.1. The summed E-state index contributed by atoms with van der Waals surface area (Å²) in [5.74, 6) is 0.219. The van der Waals surface area contributed by atoms with E-state index in [0.29, 0.717) is 12.1 Å². The van der Waals surface area contributed by atoms with E-state index in [9.17, 15) is 9.59 Å². The van der Waals surface area contributed by atoms with Gasteiger partial charge in [-0.15, -0.1) is 0 Å². The maximum Gasteiger partial charge on any atom is 0.227 e. The number of nitrogens with zero attached hydrogens (tertiary/aromatic N) is 4. The molecule has 0 bridgehead atoms. The highest BCUT2D eigenvalue weighted by Crippen LogP contribution is 2.26. The summed E-state index contributed by atoms with van der Waals surface area (Å²) in [7, 11) is 5.75. The molecule has 1 aromatic heterocycles. The first-order valence-corrected chi connectivity index (χ1v) is 14.0. The number of benzene rings is 3. The van der Waals surface area contributed by atoms with E-state index >= 15 is 0 Å². The Bertz CT molecular complexity index is 1650. The molecule has 1 aliphatic rings. The summed E-state index contributed by atoms with van der Waals surface area (Å²) in [5, 5.41) is 7.53. The Morgan fingerprint density at radius 3 is 2.35 bits per heavy atom. The third-order valence-electron chi connectivity index (χ3n) is 7.52. The Labute approximate surface area is 237 Å². The number of Topliss-reactive ketones (excluding diaryl/α,β-unsaturated/α-hetero) is 1. The lowest BCUT2D eigenvalue weighted by Crippen LogP contribution is -2.35. The number of anilines is 1. The van der Waals surface area contributed by atoms with Crippen molar-refractivity contribution in [1.29, 1.82) is 0 Å². The lowest BCUT2D eigenvalue weighted by molar-refractivity contribution is -0.117. The van der Waals surface area contributed by atoms with Crippen LogP contribution in [0.15, 0.2) is 60.7 Å². The zero-order valence-corrected chi connectivity index (χ0v) is 24.6. The van der Waals surface area contributed by atoms with Crippen LogP contribution in [0.25, 0.3) is 34.3 Å². The van der Waals surface area contributed by atoms with Gasteiger partial charge in [0.2, 0.25) is 5.91 Å². The van der Waals surface area contributed by atoms with Crippen LogP contribution >= 0.6 is 0 Å². The number of ketones is 1. The second-order valence-electron chi connectivity index (χ2n) is 10.6. The lowest BCUT2D eigenvalue weighted by atomic mass is 9.97. The van der Waals surface area contributed by atoms with E-state index in [-0.39, 0.29) is 11.7 Å². The molecule has 2 heterocycles. The van der Waals surface area contributed by atoms with Crippen molar-refractivity contribution >= 4 is 40.6 Å². The van der Waals surface area contributed by atoms with Crippen LogP contribution in [0.3, 0.4) is 0 Å². The molecule has 40 heavy (non-hydrogen) atoms. The highest BCUT2D eigenvalue weighted by atomic mass is 16.2. The first-order chi connectivity index (χ1) is 19.1. The van der Waals surface area contributed by atoms with Crippen molar-refractivity contribution in [3.63, 3.8) is 0 Å². The van der Waals surface area contributed by atoms with E-state index in [1.807, 2.05) is 78.9 Å². The Balaban J connectivity index is 0.000000236. The van der Waals surface area contributed by atoms with Gasteiger partial charge in [-0.1, -0.05) is 62.4 Å². The van der Waals surface area contributed by atoms with E-state index in [4.69, 9.17) is 0 Å². The molecule has 208 valence electrons. The molecule has 1 saturated heterocycles. The zero-order valence-electron chi connectivity index (χ0n) is 24.6. The van der Waals surface area contributed by atoms with Gasteiger partial charge in [0.15, 0.2) is 5.78 Å². The molecule has 0 radical (unpaired) electrons. The second kappa shape index (κ2) is 12.3. The third kappa shape index (κ3) is 5.86. The number of para-hydroxylation sites is 1. The van der Waals surface area contributed by atoms with Crippen molar-refractivity contribution in [3.05, 3.63) is 82.4 Å². The van der Waals surface area contributed by atoms with Crippen molar-refractivity contribution < 1.29 is 9.59 Å². The second-order valence-corrected chi connectivity index (χ2v) is 10.6. The van der Waals surface area contributed by atoms with Crippen molar-refractivity contribution in [3.8, 4) is 11.1 Å². The van der Waals surface area contributed by atoms with Gasteiger partial charge in [0.05, 0.1) is 16.9 Å². The van der Waals surface area contributed by atoms with E-state index < -0.39 is 0 Å². The van der Waals surface area contributed by atoms with Crippen molar-refractivity contribution in [2.45, 2.75) is 46.5 Å². The Morgan fingerprint density at radius 2 is 1.75 bits per heavy atom. The Morgan fingerprint density at radius 1 is 1.05 bits per heavy atom. The SMILES string of the molecule is C=c1c(C)c(-c2ccc(N3CCCC3=O)cc2)cc/c1=C(\C(C)=O)N(C)C.CCCc1nn(C)c2ccccc12. The Kier molecular flexibility index (Phi) is 8.88. The molecule has 6 heteroatoms. The van der Waals surface area contributed by atoms with Crippen LogP contribution in [0.4, 0.5) is 5.69 Å². The summed E-state index contributed by atoms with van der Waals surface area (Å²) < 4.78 is 1.96. The number of likely N-dealkylation sites (N-methyl/N-ethyl adjacent to an activating group) is 1. The molecule has 1 fully saturated rings. The van der Waals surface area contributed by atoms with Crippen molar-refractivity contribution in [2.24, 2.45) is 7.05 Å². The van der Waals surface area contributed by atoms with E-state index in [2.05, 4.69) is 42.9 Å². The number of aromatic nitrogens is 2. The molecular formula is C34H40N4O2. The standard InChI is InChI=1S/C23H26N2O2.C11H14N2/c1-15-16(2)21(23(17(3)26)24(4)5)13-12-20(15)18-8-10-19(11-9-18)25-14-6-7-22(25)27;1-3-6-10-9-7-4-5-8-11(9)13(2)12-10/h8-13H,2,6-7,14H2,1,3-5H3;4-5,7-8H,3,6H2,1-2H3/b23-21-;. The van der Waals surface area contributed by atoms with Crippen LogP contribution in [0, 0.1) is 6.92 Å². The molecule has 0 unspecified atom stereocenters. The molecule has 0 aliphatic carbocycles. The Hall–Kier alpha value is -4.19. The number of rotatable bonds is 6. The molecule has 1 aliphatic heterocycles. The first kappa shape index (κ1) is 28.8. The molecule has 0 spiro atoms. The van der Waals surface area contributed by atoms with Crippen LogP contribution in [0.2, 0.25) is 0 Å². The highest BCUT2D eigenvalue weighted by Gasteiger charge is 2.21. The van der Waals surface area contributed by atoms with Gasteiger partial charge >= 0.3 is 0 Å². The molecule has 0 N–H and O–H groups in total. The highest BCUT2D eigenvalue weighted by molar-refractivity contribution is 6.12. The maximum absolute atomic E-state index is 12.1. The van der Waals surface area contributed by atoms with Crippen LogP contribution in [-0.4, -0.2) is 47.0 Å². The molecule has 3 aromatic carbocycles. The van der Waals surface area contributed by atoms with Gasteiger partial charge in [0.1, 0.15) is 0 Å². The predicted octanol–water partition coefficient (Wildman–Crippen LogP) is 4.98. The topological polar surface area (TPSA) is 58.4 Å². The van der Waals surface area contributed by atoms with Gasteiger partial charge in [-0.25, -0.2) is 0 Å². The van der Waals surface area contributed by atoms with Gasteiger partial charge in [-0.05, 0) is 59.9 Å². The molecule has 0 saturated carbocycles. The normalized spacial score (nSPS) is 13.8. The van der Waals surface area contributed by atoms with Crippen LogP contribution < -0.4 is 15.3 Å². The quantitative estimate of drug-likeness (QED) is 0.349. The first-order valence-electron chi connectivity index (χ1n) is 14.0. The molecule has 4 aromatic rings. The van der Waals surface area contributed by atoms with Crippen LogP contribution in [-0.2, 0) is 23.1 Å². The minimum absolute atomic E-state index is 0.0247. The average Bonchev–Trinajstić information content (AvgIpc) is 3.50. The van der Waals surface area contributed by atoms with Crippen molar-refractivity contribution in [2.75, 3.05) is 25.5 Å². The average molecular weight is 537 g/mol.